The highest BCUT2D eigenvalue weighted by molar-refractivity contribution is 6.73. The summed E-state index contributed by atoms with van der Waals surface area (Å²) in [7, 11) is -1.39. The Morgan fingerprint density at radius 1 is 1.00 bits per heavy atom. The molecule has 0 aliphatic carbocycles. The Morgan fingerprint density at radius 3 is 1.92 bits per heavy atom. The zero-order chi connectivity index (χ0) is 10.2. The normalized spacial score (nSPS) is 12.9. The highest BCUT2D eigenvalue weighted by Crippen LogP contribution is 2.21. The lowest BCUT2D eigenvalue weighted by Gasteiger charge is -2.26. The van der Waals surface area contributed by atoms with Crippen LogP contribution in [0.3, 0.4) is 0 Å². The van der Waals surface area contributed by atoms with E-state index in [1.165, 1.54) is 18.1 Å². The predicted octanol–water partition coefficient (Wildman–Crippen LogP) is 4.10. The van der Waals surface area contributed by atoms with Crippen LogP contribution in [0, 0.1) is 0 Å². The van der Waals surface area contributed by atoms with Crippen LogP contribution in [0.1, 0.15) is 27.7 Å². The van der Waals surface area contributed by atoms with Crippen molar-refractivity contribution in [2.75, 3.05) is 0 Å². The smallest absolute Gasteiger partial charge is 0.249 e. The fourth-order valence-electron chi connectivity index (χ4n) is 1.34. The van der Waals surface area contributed by atoms with Gasteiger partial charge < -0.3 is 4.43 Å². The summed E-state index contributed by atoms with van der Waals surface area (Å²) >= 11 is 0. The monoisotopic (exact) mass is 198 g/mol. The van der Waals surface area contributed by atoms with Crippen molar-refractivity contribution in [3.63, 3.8) is 0 Å². The highest BCUT2D eigenvalue weighted by atomic mass is 28.4. The van der Waals surface area contributed by atoms with Crippen molar-refractivity contribution in [1.29, 1.82) is 0 Å². The molecule has 0 heterocycles. The maximum atomic E-state index is 5.89. The molecule has 0 fully saturated rings. The Balaban J connectivity index is 4.09. The summed E-state index contributed by atoms with van der Waals surface area (Å²) in [6.07, 6.45) is 7.85. The van der Waals surface area contributed by atoms with Crippen LogP contribution in [0.15, 0.2) is 24.5 Å². The third-order valence-electron chi connectivity index (χ3n) is 2.63. The van der Waals surface area contributed by atoms with Gasteiger partial charge in [0.05, 0.1) is 6.26 Å². The van der Waals surface area contributed by atoms with Crippen molar-refractivity contribution in [2.45, 2.75) is 45.8 Å². The number of hydrogen-bond donors (Lipinski definition) is 0. The lowest BCUT2D eigenvalue weighted by molar-refractivity contribution is 0.458. The lowest BCUT2D eigenvalue weighted by atomic mass is 10.5. The van der Waals surface area contributed by atoms with E-state index in [0.717, 1.165) is 0 Å². The topological polar surface area (TPSA) is 9.23 Å². The maximum Gasteiger partial charge on any atom is 0.249 e. The Hall–Kier alpha value is -0.503. The van der Waals surface area contributed by atoms with E-state index < -0.39 is 8.32 Å². The second kappa shape index (κ2) is 6.95. The standard InChI is InChI=1S/C11H22OSi/c1-5-9-10-11-12-13(6-2,7-3)8-4/h5,9-11H,6-8H2,1-4H3/b9-5+,11-10+. The van der Waals surface area contributed by atoms with Crippen molar-refractivity contribution in [2.24, 2.45) is 0 Å². The molecule has 0 amide bonds. The molecule has 2 heteroatoms. The molecule has 0 aromatic rings. The van der Waals surface area contributed by atoms with Gasteiger partial charge in [0.25, 0.3) is 0 Å². The van der Waals surface area contributed by atoms with Gasteiger partial charge in [0, 0.05) is 0 Å². The second-order valence-electron chi connectivity index (χ2n) is 3.22. The zero-order valence-electron chi connectivity index (χ0n) is 9.34. The van der Waals surface area contributed by atoms with Crippen molar-refractivity contribution in [3.05, 3.63) is 24.5 Å². The van der Waals surface area contributed by atoms with Gasteiger partial charge in [-0.15, -0.1) is 0 Å². The summed E-state index contributed by atoms with van der Waals surface area (Å²) in [5, 5.41) is 0. The van der Waals surface area contributed by atoms with E-state index in [1.54, 1.807) is 0 Å². The van der Waals surface area contributed by atoms with Crippen molar-refractivity contribution < 1.29 is 4.43 Å². The molecular weight excluding hydrogens is 176 g/mol. The molecule has 0 saturated heterocycles. The number of allylic oxidation sites excluding steroid dienone is 3. The van der Waals surface area contributed by atoms with Crippen LogP contribution in [0.5, 0.6) is 0 Å². The summed E-state index contributed by atoms with van der Waals surface area (Å²) < 4.78 is 5.89. The van der Waals surface area contributed by atoms with E-state index in [1.807, 2.05) is 31.4 Å². The van der Waals surface area contributed by atoms with Crippen LogP contribution in [0.25, 0.3) is 0 Å². The van der Waals surface area contributed by atoms with Crippen molar-refractivity contribution >= 4 is 8.32 Å². The first-order chi connectivity index (χ1) is 6.24. The highest BCUT2D eigenvalue weighted by Gasteiger charge is 2.28. The second-order valence-corrected chi connectivity index (χ2v) is 7.94. The van der Waals surface area contributed by atoms with Gasteiger partial charge in [0.1, 0.15) is 0 Å². The van der Waals surface area contributed by atoms with Gasteiger partial charge in [0.2, 0.25) is 8.32 Å². The summed E-state index contributed by atoms with van der Waals surface area (Å²) in [5.41, 5.74) is 0. The number of hydrogen-bond acceptors (Lipinski definition) is 1. The maximum absolute atomic E-state index is 5.89. The van der Waals surface area contributed by atoms with Gasteiger partial charge >= 0.3 is 0 Å². The van der Waals surface area contributed by atoms with E-state index in [9.17, 15) is 0 Å². The first-order valence-corrected chi connectivity index (χ1v) is 7.73. The summed E-state index contributed by atoms with van der Waals surface area (Å²) in [4.78, 5) is 0. The molecule has 0 aliphatic heterocycles. The molecule has 0 N–H and O–H groups in total. The first kappa shape index (κ1) is 12.5. The Bertz CT molecular complexity index is 161. The van der Waals surface area contributed by atoms with Gasteiger partial charge in [0.15, 0.2) is 0 Å². The average molecular weight is 198 g/mol. The van der Waals surface area contributed by atoms with Crippen LogP contribution in [-0.4, -0.2) is 8.32 Å². The van der Waals surface area contributed by atoms with E-state index >= 15 is 0 Å². The van der Waals surface area contributed by atoms with E-state index in [4.69, 9.17) is 4.43 Å². The molecule has 0 spiro atoms. The Labute approximate surface area is 83.6 Å². The van der Waals surface area contributed by atoms with Crippen molar-refractivity contribution in [3.8, 4) is 0 Å². The van der Waals surface area contributed by atoms with Gasteiger partial charge in [-0.2, -0.15) is 0 Å². The summed E-state index contributed by atoms with van der Waals surface area (Å²) in [5.74, 6) is 0. The number of rotatable bonds is 6. The minimum atomic E-state index is -1.39. The average Bonchev–Trinajstić information content (AvgIpc) is 2.20. The molecule has 1 nitrogen and oxygen atoms in total. The third kappa shape index (κ3) is 4.32. The summed E-state index contributed by atoms with van der Waals surface area (Å²) in [6.45, 7) is 8.72. The molecule has 0 aromatic carbocycles. The van der Waals surface area contributed by atoms with Crippen molar-refractivity contribution in [1.82, 2.24) is 0 Å². The molecule has 0 unspecified atom stereocenters. The minimum absolute atomic E-state index is 1.21. The van der Waals surface area contributed by atoms with Crippen LogP contribution in [0.2, 0.25) is 18.1 Å². The molecule has 76 valence electrons. The molecule has 0 aliphatic rings. The van der Waals surface area contributed by atoms with Crippen LogP contribution < -0.4 is 0 Å². The third-order valence-corrected chi connectivity index (χ3v) is 7.14. The SMILES string of the molecule is C/C=C/C=C/O[Si](CC)(CC)CC. The van der Waals surface area contributed by atoms with Crippen LogP contribution >= 0.6 is 0 Å². The first-order valence-electron chi connectivity index (χ1n) is 5.20. The van der Waals surface area contributed by atoms with Crippen LogP contribution in [-0.2, 0) is 4.43 Å². The fourth-order valence-corrected chi connectivity index (χ4v) is 3.71. The largest absolute Gasteiger partial charge is 0.549 e. The lowest BCUT2D eigenvalue weighted by Crippen LogP contribution is -2.33. The quantitative estimate of drug-likeness (QED) is 0.355. The fraction of sp³-hybridized carbons (Fsp3) is 0.636. The zero-order valence-corrected chi connectivity index (χ0v) is 10.3. The Morgan fingerprint density at radius 2 is 1.54 bits per heavy atom. The molecule has 0 saturated carbocycles. The molecule has 0 bridgehead atoms. The van der Waals surface area contributed by atoms with E-state index in [-0.39, 0.29) is 0 Å². The van der Waals surface area contributed by atoms with E-state index in [0.29, 0.717) is 0 Å². The molecular formula is C11H22OSi. The molecule has 0 rings (SSSR count). The van der Waals surface area contributed by atoms with Gasteiger partial charge in [-0.05, 0) is 31.1 Å². The van der Waals surface area contributed by atoms with E-state index in [2.05, 4.69) is 20.8 Å². The predicted molar refractivity (Wildman–Crippen MR) is 62.2 cm³/mol. The van der Waals surface area contributed by atoms with Gasteiger partial charge in [-0.25, -0.2) is 0 Å². The molecule has 0 atom stereocenters. The summed E-state index contributed by atoms with van der Waals surface area (Å²) in [6, 6.07) is 3.63. The molecule has 13 heavy (non-hydrogen) atoms. The molecule has 0 radical (unpaired) electrons. The van der Waals surface area contributed by atoms with Gasteiger partial charge in [-0.3, -0.25) is 0 Å². The Kier molecular flexibility index (Phi) is 6.68. The van der Waals surface area contributed by atoms with Crippen LogP contribution in [0.4, 0.5) is 0 Å². The van der Waals surface area contributed by atoms with Gasteiger partial charge in [-0.1, -0.05) is 32.9 Å². The molecule has 0 aromatic heterocycles. The minimum Gasteiger partial charge on any atom is -0.549 e.